The molecule has 16 heavy (non-hydrogen) atoms. The fraction of sp³-hybridized carbons (Fsp3) is 0.385. The van der Waals surface area contributed by atoms with Crippen molar-refractivity contribution in [3.8, 4) is 5.75 Å². The highest BCUT2D eigenvalue weighted by atomic mass is 35.5. The van der Waals surface area contributed by atoms with Gasteiger partial charge in [0, 0.05) is 11.5 Å². The first kappa shape index (κ1) is 13.4. The van der Waals surface area contributed by atoms with E-state index >= 15 is 0 Å². The van der Waals surface area contributed by atoms with Crippen LogP contribution in [-0.4, -0.2) is 6.61 Å². The van der Waals surface area contributed by atoms with Gasteiger partial charge >= 0.3 is 0 Å². The van der Waals surface area contributed by atoms with Gasteiger partial charge in [0.05, 0.1) is 6.61 Å². The molecular weight excluding hydrogens is 243 g/mol. The summed E-state index contributed by atoms with van der Waals surface area (Å²) in [6, 6.07) is 7.98. The van der Waals surface area contributed by atoms with Crippen molar-refractivity contribution >= 4 is 23.2 Å². The minimum Gasteiger partial charge on any atom is -0.494 e. The maximum Gasteiger partial charge on any atom is 0.123 e. The van der Waals surface area contributed by atoms with E-state index in [0.29, 0.717) is 11.1 Å². The molecule has 0 aliphatic rings. The quantitative estimate of drug-likeness (QED) is 0.730. The zero-order chi connectivity index (χ0) is 12.0. The van der Waals surface area contributed by atoms with E-state index in [1.807, 2.05) is 37.3 Å². The first-order valence-corrected chi connectivity index (χ1v) is 6.19. The molecule has 0 aliphatic heterocycles. The van der Waals surface area contributed by atoms with Crippen molar-refractivity contribution < 1.29 is 4.74 Å². The van der Waals surface area contributed by atoms with Crippen molar-refractivity contribution in [2.75, 3.05) is 6.61 Å². The molecule has 1 aromatic carbocycles. The van der Waals surface area contributed by atoms with E-state index in [2.05, 4.69) is 6.92 Å². The second-order valence-corrected chi connectivity index (χ2v) is 4.45. The average Bonchev–Trinajstić information content (AvgIpc) is 2.27. The highest BCUT2D eigenvalue weighted by molar-refractivity contribution is 6.55. The number of hydrogen-bond acceptors (Lipinski definition) is 1. The summed E-state index contributed by atoms with van der Waals surface area (Å²) in [4.78, 5) is 0. The number of benzene rings is 1. The van der Waals surface area contributed by atoms with Crippen LogP contribution in [0.3, 0.4) is 0 Å². The molecule has 0 amide bonds. The molecule has 0 N–H and O–H groups in total. The molecule has 0 aromatic heterocycles. The van der Waals surface area contributed by atoms with E-state index in [1.165, 1.54) is 0 Å². The lowest BCUT2D eigenvalue weighted by Crippen LogP contribution is -2.00. The molecule has 3 heteroatoms. The van der Waals surface area contributed by atoms with Crippen molar-refractivity contribution in [1.29, 1.82) is 0 Å². The molecular formula is C13H16Cl2O. The Balaban J connectivity index is 3.03. The van der Waals surface area contributed by atoms with Crippen LogP contribution in [0.2, 0.25) is 0 Å². The maximum atomic E-state index is 5.72. The van der Waals surface area contributed by atoms with Crippen LogP contribution in [0, 0.1) is 0 Å². The van der Waals surface area contributed by atoms with Gasteiger partial charge in [0.1, 0.15) is 10.2 Å². The molecule has 0 saturated carbocycles. The Hall–Kier alpha value is -0.660. The number of halogens is 2. The Bertz CT molecular complexity index is 357. The first-order valence-electron chi connectivity index (χ1n) is 5.43. The van der Waals surface area contributed by atoms with Crippen molar-refractivity contribution in [3.63, 3.8) is 0 Å². The summed E-state index contributed by atoms with van der Waals surface area (Å²) < 4.78 is 5.89. The summed E-state index contributed by atoms with van der Waals surface area (Å²) >= 11 is 11.4. The summed E-state index contributed by atoms with van der Waals surface area (Å²) in [7, 11) is 0. The van der Waals surface area contributed by atoms with Gasteiger partial charge in [-0.1, -0.05) is 48.3 Å². The van der Waals surface area contributed by atoms with Crippen LogP contribution < -0.4 is 4.74 Å². The topological polar surface area (TPSA) is 9.23 Å². The lowest BCUT2D eigenvalue weighted by Gasteiger charge is -2.15. The zero-order valence-corrected chi connectivity index (χ0v) is 11.1. The summed E-state index contributed by atoms with van der Waals surface area (Å²) in [6.07, 6.45) is 2.79. The lowest BCUT2D eigenvalue weighted by molar-refractivity contribution is 0.335. The van der Waals surface area contributed by atoms with Gasteiger partial charge in [0.25, 0.3) is 0 Å². The predicted molar refractivity (Wildman–Crippen MR) is 70.4 cm³/mol. The molecule has 1 aromatic rings. The standard InChI is InChI=1S/C13H16Cl2O/c1-3-10(9-13(14)15)11-7-5-6-8-12(11)16-4-2/h5-10H,3-4H2,1-2H3. The number of ether oxygens (including phenoxy) is 1. The molecule has 0 heterocycles. The molecule has 0 spiro atoms. The van der Waals surface area contributed by atoms with Crippen molar-refractivity contribution in [3.05, 3.63) is 40.4 Å². The van der Waals surface area contributed by atoms with E-state index in [4.69, 9.17) is 27.9 Å². The number of allylic oxidation sites excluding steroid dienone is 1. The average molecular weight is 259 g/mol. The SMILES string of the molecule is CCOc1ccccc1C(C=C(Cl)Cl)CC. The number of rotatable bonds is 5. The minimum absolute atomic E-state index is 0.202. The molecule has 0 saturated heterocycles. The Morgan fingerprint density at radius 3 is 2.56 bits per heavy atom. The number of para-hydroxylation sites is 1. The van der Waals surface area contributed by atoms with Crippen molar-refractivity contribution in [2.24, 2.45) is 0 Å². The summed E-state index contributed by atoms with van der Waals surface area (Å²) in [6.45, 7) is 4.73. The van der Waals surface area contributed by atoms with Crippen molar-refractivity contribution in [1.82, 2.24) is 0 Å². The number of hydrogen-bond donors (Lipinski definition) is 0. The third-order valence-corrected chi connectivity index (χ3v) is 2.64. The molecule has 0 radical (unpaired) electrons. The maximum absolute atomic E-state index is 5.72. The molecule has 88 valence electrons. The molecule has 1 rings (SSSR count). The van der Waals surface area contributed by atoms with E-state index in [0.717, 1.165) is 17.7 Å². The van der Waals surface area contributed by atoms with E-state index in [1.54, 1.807) is 0 Å². The van der Waals surface area contributed by atoms with Gasteiger partial charge in [0.2, 0.25) is 0 Å². The van der Waals surface area contributed by atoms with Crippen LogP contribution in [0.5, 0.6) is 5.75 Å². The van der Waals surface area contributed by atoms with Crippen LogP contribution >= 0.6 is 23.2 Å². The van der Waals surface area contributed by atoms with E-state index in [-0.39, 0.29) is 5.92 Å². The van der Waals surface area contributed by atoms with Gasteiger partial charge in [-0.25, -0.2) is 0 Å². The summed E-state index contributed by atoms with van der Waals surface area (Å²) in [5, 5.41) is 0. The Morgan fingerprint density at radius 2 is 2.00 bits per heavy atom. The van der Waals surface area contributed by atoms with Gasteiger partial charge in [-0.05, 0) is 25.5 Å². The smallest absolute Gasteiger partial charge is 0.123 e. The second kappa shape index (κ2) is 6.82. The molecule has 1 unspecified atom stereocenters. The fourth-order valence-corrected chi connectivity index (χ4v) is 1.96. The van der Waals surface area contributed by atoms with Crippen LogP contribution in [0.1, 0.15) is 31.7 Å². The third-order valence-electron chi connectivity index (χ3n) is 2.39. The van der Waals surface area contributed by atoms with Crippen LogP contribution in [0.15, 0.2) is 34.8 Å². The molecule has 0 fully saturated rings. The zero-order valence-electron chi connectivity index (χ0n) is 9.54. The largest absolute Gasteiger partial charge is 0.494 e. The Kier molecular flexibility index (Phi) is 5.72. The Labute approximate surface area is 107 Å². The summed E-state index contributed by atoms with van der Waals surface area (Å²) in [5.41, 5.74) is 1.13. The molecule has 1 atom stereocenters. The lowest BCUT2D eigenvalue weighted by atomic mass is 9.96. The monoisotopic (exact) mass is 258 g/mol. The van der Waals surface area contributed by atoms with E-state index in [9.17, 15) is 0 Å². The van der Waals surface area contributed by atoms with Gasteiger partial charge in [-0.3, -0.25) is 0 Å². The molecule has 0 aliphatic carbocycles. The van der Waals surface area contributed by atoms with Gasteiger partial charge in [-0.15, -0.1) is 0 Å². The molecule has 1 nitrogen and oxygen atoms in total. The normalized spacial score (nSPS) is 12.0. The fourth-order valence-electron chi connectivity index (χ4n) is 1.65. The highest BCUT2D eigenvalue weighted by Gasteiger charge is 2.12. The van der Waals surface area contributed by atoms with Crippen LogP contribution in [0.4, 0.5) is 0 Å². The third kappa shape index (κ3) is 3.73. The Morgan fingerprint density at radius 1 is 1.31 bits per heavy atom. The highest BCUT2D eigenvalue weighted by Crippen LogP contribution is 2.31. The van der Waals surface area contributed by atoms with Crippen LogP contribution in [0.25, 0.3) is 0 Å². The van der Waals surface area contributed by atoms with Gasteiger partial charge < -0.3 is 4.74 Å². The van der Waals surface area contributed by atoms with E-state index < -0.39 is 0 Å². The van der Waals surface area contributed by atoms with Crippen molar-refractivity contribution in [2.45, 2.75) is 26.2 Å². The second-order valence-electron chi connectivity index (χ2n) is 3.44. The minimum atomic E-state index is 0.202. The van der Waals surface area contributed by atoms with Crippen LogP contribution in [-0.2, 0) is 0 Å². The first-order chi connectivity index (χ1) is 7.69. The van der Waals surface area contributed by atoms with Gasteiger partial charge in [0.15, 0.2) is 0 Å². The summed E-state index contributed by atoms with van der Waals surface area (Å²) in [5.74, 6) is 1.11. The predicted octanol–water partition coefficient (Wildman–Crippen LogP) is 4.90. The molecule has 0 bridgehead atoms. The van der Waals surface area contributed by atoms with Gasteiger partial charge in [-0.2, -0.15) is 0 Å².